The van der Waals surface area contributed by atoms with Gasteiger partial charge in [0.05, 0.1) is 38.4 Å². The Morgan fingerprint density at radius 2 is 0.832 bits per heavy atom. The van der Waals surface area contributed by atoms with E-state index in [0.717, 1.165) is 151 Å². The lowest BCUT2D eigenvalue weighted by atomic mass is 9.83. The number of ether oxygens (including phenoxy) is 4. The molecule has 14 rings (SSSR count). The monoisotopic (exact) mass is 1490 g/mol. The van der Waals surface area contributed by atoms with Crippen molar-refractivity contribution in [2.24, 2.45) is 11.8 Å². The third kappa shape index (κ3) is 23.8. The lowest BCUT2D eigenvalue weighted by Gasteiger charge is -2.52. The molecule has 6 atom stereocenters. The molecule has 6 aromatic rings. The van der Waals surface area contributed by atoms with Gasteiger partial charge in [-0.1, -0.05) is 211 Å². The number of hydrogen-bond acceptors (Lipinski definition) is 10. The van der Waals surface area contributed by atoms with Crippen molar-refractivity contribution in [3.63, 3.8) is 0 Å². The molecule has 0 amide bonds. The number of halogens is 3. The second kappa shape index (κ2) is 40.4. The maximum atomic E-state index is 12.9. The maximum Gasteiger partial charge on any atom is 0.306 e. The summed E-state index contributed by atoms with van der Waals surface area (Å²) in [4.78, 5) is 32.8. The molecular formula is C80H109Br3N6O6. The van der Waals surface area contributed by atoms with Crippen LogP contribution in [0.3, 0.4) is 0 Å². The van der Waals surface area contributed by atoms with Crippen molar-refractivity contribution in [2.75, 3.05) is 91.5 Å². The average Bonchev–Trinajstić information content (AvgIpc) is 0.795. The van der Waals surface area contributed by atoms with Crippen molar-refractivity contribution >= 4 is 27.9 Å². The second-order valence-corrected chi connectivity index (χ2v) is 28.6. The smallest absolute Gasteiger partial charge is 0.306 e. The van der Waals surface area contributed by atoms with Crippen LogP contribution in [0, 0.1) is 11.8 Å². The first-order valence-corrected chi connectivity index (χ1v) is 36.6. The zero-order chi connectivity index (χ0) is 64.3. The van der Waals surface area contributed by atoms with E-state index in [1.807, 2.05) is 14.2 Å². The van der Waals surface area contributed by atoms with Gasteiger partial charge < -0.3 is 72.1 Å². The van der Waals surface area contributed by atoms with Crippen LogP contribution in [-0.4, -0.2) is 164 Å². The molecule has 8 fully saturated rings. The second-order valence-electron chi connectivity index (χ2n) is 27.8. The van der Waals surface area contributed by atoms with E-state index in [1.165, 1.54) is 85.2 Å². The fraction of sp³-hybridized carbons (Fsp3) is 0.525. The summed E-state index contributed by atoms with van der Waals surface area (Å²) >= 11 is 3.43. The SMILES string of the molecule is CO[C@H]1CN(CCCCCC(=O)OC2C[N+]3(Cc4ccccc4)CCC2CC3)CC[C@H]1N(Cc1ccccc1)Cc1ccccc1.CO[C@H]1CNCC[C@H]1N(Cc1ccccc1)Cc1ccccc1.O=C(CCCCCBr)OC1C[N+]2(Cc3ccccc3)CCC1CC2.[Br-].[Br-]. The quantitative estimate of drug-likeness (QED) is 0.0216. The molecule has 8 aliphatic heterocycles. The van der Waals surface area contributed by atoms with Gasteiger partial charge in [-0.2, -0.15) is 0 Å². The summed E-state index contributed by atoms with van der Waals surface area (Å²) < 4.78 is 26.1. The van der Waals surface area contributed by atoms with Crippen LogP contribution in [0.5, 0.6) is 0 Å². The first-order chi connectivity index (χ1) is 45.7. The minimum Gasteiger partial charge on any atom is -1.00 e. The minimum atomic E-state index is 0. The summed E-state index contributed by atoms with van der Waals surface area (Å²) in [7, 11) is 3.70. The summed E-state index contributed by atoms with van der Waals surface area (Å²) in [5, 5.41) is 4.47. The number of carbonyl (C=O) groups is 2. The summed E-state index contributed by atoms with van der Waals surface area (Å²) in [6, 6.07) is 65.5. The molecule has 8 aliphatic rings. The van der Waals surface area contributed by atoms with E-state index in [-0.39, 0.29) is 70.3 Å². The summed E-state index contributed by atoms with van der Waals surface area (Å²) in [5.41, 5.74) is 8.20. The zero-order valence-electron chi connectivity index (χ0n) is 56.9. The normalized spacial score (nSPS) is 25.2. The lowest BCUT2D eigenvalue weighted by molar-refractivity contribution is -0.958. The highest BCUT2D eigenvalue weighted by Crippen LogP contribution is 2.39. The highest BCUT2D eigenvalue weighted by atomic mass is 79.9. The van der Waals surface area contributed by atoms with Gasteiger partial charge in [-0.15, -0.1) is 0 Å². The molecular weight excluding hydrogens is 1380 g/mol. The number of benzene rings is 6. The number of rotatable bonds is 29. The number of nitrogens with one attached hydrogen (secondary N) is 1. The first-order valence-electron chi connectivity index (χ1n) is 35.5. The third-order valence-corrected chi connectivity index (χ3v) is 21.8. The highest BCUT2D eigenvalue weighted by molar-refractivity contribution is 9.09. The van der Waals surface area contributed by atoms with Crippen molar-refractivity contribution in [1.29, 1.82) is 0 Å². The summed E-state index contributed by atoms with van der Waals surface area (Å²) in [6.07, 6.45) is 15.0. The van der Waals surface area contributed by atoms with Crippen LogP contribution in [-0.2, 0) is 67.8 Å². The number of quaternary nitrogens is 2. The molecule has 0 spiro atoms. The van der Waals surface area contributed by atoms with Gasteiger partial charge in [-0.25, -0.2) is 0 Å². The zero-order valence-corrected chi connectivity index (χ0v) is 61.6. The van der Waals surface area contributed by atoms with Gasteiger partial charge in [0.15, 0.2) is 12.2 Å². The fourth-order valence-corrected chi connectivity index (χ4v) is 16.4. The number of nitrogens with zero attached hydrogens (tertiary/aromatic N) is 5. The number of unbranched alkanes of at least 4 members (excludes halogenated alkanes) is 4. The average molecular weight is 1490 g/mol. The van der Waals surface area contributed by atoms with Crippen molar-refractivity contribution < 1.29 is 71.5 Å². The Kier molecular flexibility index (Phi) is 32.4. The summed E-state index contributed by atoms with van der Waals surface area (Å²) in [6.45, 7) is 17.9. The topological polar surface area (TPSA) is 92.8 Å². The van der Waals surface area contributed by atoms with Crippen LogP contribution in [0.1, 0.15) is 123 Å². The van der Waals surface area contributed by atoms with Crippen LogP contribution in [0.15, 0.2) is 182 Å². The Labute approximate surface area is 599 Å². The maximum absolute atomic E-state index is 12.9. The molecule has 516 valence electrons. The van der Waals surface area contributed by atoms with E-state index >= 15 is 0 Å². The van der Waals surface area contributed by atoms with Crippen molar-refractivity contribution in [1.82, 2.24) is 20.0 Å². The predicted molar refractivity (Wildman–Crippen MR) is 378 cm³/mol. The highest BCUT2D eigenvalue weighted by Gasteiger charge is 2.49. The number of piperidine rings is 8. The largest absolute Gasteiger partial charge is 1.00 e. The van der Waals surface area contributed by atoms with E-state index < -0.39 is 0 Å². The number of methoxy groups -OCH3 is 2. The predicted octanol–water partition coefficient (Wildman–Crippen LogP) is 8.06. The number of carbonyl (C=O) groups excluding carboxylic acids is 2. The molecule has 1 N–H and O–H groups in total. The van der Waals surface area contributed by atoms with Gasteiger partial charge in [0, 0.05) is 132 Å². The molecule has 6 aromatic carbocycles. The van der Waals surface area contributed by atoms with Crippen LogP contribution < -0.4 is 39.3 Å². The Morgan fingerprint density at radius 1 is 0.463 bits per heavy atom. The van der Waals surface area contributed by atoms with Gasteiger partial charge in [-0.3, -0.25) is 19.4 Å². The molecule has 8 saturated heterocycles. The van der Waals surface area contributed by atoms with Crippen LogP contribution in [0.25, 0.3) is 0 Å². The molecule has 2 unspecified atom stereocenters. The molecule has 15 heteroatoms. The van der Waals surface area contributed by atoms with Crippen molar-refractivity contribution in [2.45, 2.75) is 166 Å². The molecule has 0 radical (unpaired) electrons. The number of likely N-dealkylation sites (tertiary alicyclic amines) is 1. The number of fused-ring (bicyclic) bond motifs is 6. The van der Waals surface area contributed by atoms with Gasteiger partial charge in [0.2, 0.25) is 0 Å². The minimum absolute atomic E-state index is 0. The van der Waals surface area contributed by atoms with Crippen LogP contribution in [0.4, 0.5) is 0 Å². The Bertz CT molecular complexity index is 2980. The van der Waals surface area contributed by atoms with Gasteiger partial charge in [0.25, 0.3) is 0 Å². The van der Waals surface area contributed by atoms with E-state index in [0.29, 0.717) is 36.8 Å². The molecule has 0 aromatic heterocycles. The third-order valence-electron chi connectivity index (χ3n) is 21.2. The molecule has 95 heavy (non-hydrogen) atoms. The summed E-state index contributed by atoms with van der Waals surface area (Å²) in [5.74, 6) is 1.16. The lowest BCUT2D eigenvalue weighted by Crippen LogP contribution is -3.00. The van der Waals surface area contributed by atoms with Crippen LogP contribution in [0.2, 0.25) is 0 Å². The van der Waals surface area contributed by atoms with Gasteiger partial charge in [0.1, 0.15) is 26.2 Å². The molecule has 0 aliphatic carbocycles. The van der Waals surface area contributed by atoms with E-state index in [4.69, 9.17) is 18.9 Å². The first kappa shape index (κ1) is 76.1. The molecule has 0 saturated carbocycles. The number of hydrogen-bond donors (Lipinski definition) is 1. The van der Waals surface area contributed by atoms with Crippen molar-refractivity contribution in [3.8, 4) is 0 Å². The van der Waals surface area contributed by atoms with E-state index in [1.54, 1.807) is 0 Å². The Morgan fingerprint density at radius 3 is 1.21 bits per heavy atom. The van der Waals surface area contributed by atoms with Crippen LogP contribution >= 0.6 is 15.9 Å². The molecule has 8 heterocycles. The fourth-order valence-electron chi connectivity index (χ4n) is 16.0. The molecule has 12 nitrogen and oxygen atoms in total. The van der Waals surface area contributed by atoms with E-state index in [9.17, 15) is 9.59 Å². The Balaban J connectivity index is 0.000000199. The van der Waals surface area contributed by atoms with Gasteiger partial charge >= 0.3 is 11.9 Å². The standard InChI is InChI=1S/C40H54N3O3.C20H29BrNO2.C20H26N2O.2BrH/c1-45-38-30-41(25-21-37(38)42(28-33-14-6-2-7-15-33)29-34-16-8-3-9-17-34)24-13-5-12-20-40(44)46-39-32-43(26-22-36(39)23-27-43)31-35-18-10-4-11-19-35;21-12-6-2-5-9-20(23)24-19-16-22(13-10-18(19)11-14-22)15-17-7-3-1-4-8-17;1-23-20-14-21-13-12-19(20)22(15-17-8-4-2-5-9-17)16-18-10-6-3-7-11-18;;/h2-4,6-11,14-19,36-39H,5,12-13,20-32H2,1H3;1,3-4,7-8,18-19H,2,5-6,9-16H2;2-11,19-21H,12-16H2,1H3;2*1H/q2*+1;;;/p-2/t36?,37-,38+,39?,43?;;19-,20+;;/m1.1../s1. The molecule has 4 bridgehead atoms. The van der Waals surface area contributed by atoms with E-state index in [2.05, 4.69) is 218 Å². The number of esters is 2. The number of alkyl halides is 1. The Hall–Kier alpha value is -4.62. The van der Waals surface area contributed by atoms with Gasteiger partial charge in [-0.05, 0) is 80.4 Å². The van der Waals surface area contributed by atoms with Crippen molar-refractivity contribution in [3.05, 3.63) is 215 Å².